The Balaban J connectivity index is 0.000000275. The highest BCUT2D eigenvalue weighted by molar-refractivity contribution is 5.70. The number of cyclic esters (lactones) is 1. The molecule has 0 amide bonds. The monoisotopic (exact) mass is 852 g/mol. The zero-order valence-corrected chi connectivity index (χ0v) is 34.9. The third-order valence-corrected chi connectivity index (χ3v) is 8.02. The summed E-state index contributed by atoms with van der Waals surface area (Å²) in [5.41, 5.74) is 0. The Hall–Kier alpha value is -5.73. The third kappa shape index (κ3) is 26.2. The van der Waals surface area contributed by atoms with Gasteiger partial charge in [-0.1, -0.05) is 19.8 Å². The maximum absolute atomic E-state index is 12.6. The summed E-state index contributed by atoms with van der Waals surface area (Å²) in [4.78, 5) is 11.0. The van der Waals surface area contributed by atoms with Gasteiger partial charge in [-0.2, -0.15) is 0 Å². The van der Waals surface area contributed by atoms with E-state index in [2.05, 4.69) is 31.1 Å². The first-order valence-electron chi connectivity index (χ1n) is 19.9. The van der Waals surface area contributed by atoms with Gasteiger partial charge in [-0.15, -0.1) is 24.2 Å². The minimum absolute atomic E-state index is 0.167. The van der Waals surface area contributed by atoms with Gasteiger partial charge in [-0.3, -0.25) is 4.79 Å². The molecule has 0 spiro atoms. The predicted molar refractivity (Wildman–Crippen MR) is 225 cm³/mol. The molecule has 0 aliphatic carbocycles. The molecule has 2 aliphatic rings. The molecule has 0 radical (unpaired) electrons. The van der Waals surface area contributed by atoms with Gasteiger partial charge >= 0.3 is 5.97 Å². The lowest BCUT2D eigenvalue weighted by atomic mass is 10.1. The van der Waals surface area contributed by atoms with Gasteiger partial charge in [0, 0.05) is 12.8 Å². The van der Waals surface area contributed by atoms with Crippen LogP contribution in [0.25, 0.3) is 0 Å². The smallest absolute Gasteiger partial charge is 0.306 e. The minimum atomic E-state index is -0.609. The highest BCUT2D eigenvalue weighted by Crippen LogP contribution is 2.18. The number of ether oxygens (including phenoxy) is 6. The van der Waals surface area contributed by atoms with Gasteiger partial charge in [0.05, 0.1) is 18.8 Å². The van der Waals surface area contributed by atoms with E-state index in [9.17, 15) is 32.6 Å². The molecule has 61 heavy (non-hydrogen) atoms. The maximum atomic E-state index is 12.6. The summed E-state index contributed by atoms with van der Waals surface area (Å²) >= 11 is 0. The van der Waals surface area contributed by atoms with Crippen LogP contribution in [-0.2, 0) is 14.3 Å². The Labute approximate surface area is 356 Å². The molecule has 4 aromatic rings. The number of unbranched alkanes of at least 4 members (excludes halogenated alkanes) is 1. The molecule has 9 nitrogen and oxygen atoms in total. The van der Waals surface area contributed by atoms with Gasteiger partial charge in [-0.25, -0.2) is 17.6 Å². The van der Waals surface area contributed by atoms with E-state index in [0.717, 1.165) is 38.7 Å². The summed E-state index contributed by atoms with van der Waals surface area (Å²) in [6, 6.07) is 23.2. The molecular weight excluding hydrogens is 797 g/mol. The van der Waals surface area contributed by atoms with Crippen LogP contribution in [0.4, 0.5) is 17.6 Å². The SMILES string of the molecule is C#CC.CC#CC[C@H](O)COc1ccc(F)cc1.CCCC[C@H](O)COc1ccc(F)cc1.Fc1ccc(OC[C@@H]2CO2)cc1.O=C1CCC[C@@H](COc2ccc(F)cc2)O1. The number of terminal acetylenes is 1. The highest BCUT2D eigenvalue weighted by atomic mass is 19.1. The molecule has 4 atom stereocenters. The van der Waals surface area contributed by atoms with Gasteiger partial charge in [-0.05, 0) is 130 Å². The predicted octanol–water partition coefficient (Wildman–Crippen LogP) is 9.28. The summed E-state index contributed by atoms with van der Waals surface area (Å²) in [5.74, 6) is 8.80. The van der Waals surface area contributed by atoms with Crippen LogP contribution in [0.15, 0.2) is 97.1 Å². The quantitative estimate of drug-likeness (QED) is 0.0493. The molecule has 13 heteroatoms. The van der Waals surface area contributed by atoms with Crippen LogP contribution >= 0.6 is 0 Å². The number of aliphatic hydroxyl groups excluding tert-OH is 2. The highest BCUT2D eigenvalue weighted by Gasteiger charge is 2.23. The number of rotatable bonds is 16. The molecule has 0 aromatic heterocycles. The molecule has 2 fully saturated rings. The van der Waals surface area contributed by atoms with Crippen LogP contribution < -0.4 is 18.9 Å². The molecule has 2 N–H and O–H groups in total. The molecule has 330 valence electrons. The first kappa shape index (κ1) is 51.4. The van der Waals surface area contributed by atoms with Crippen molar-refractivity contribution in [3.8, 4) is 47.2 Å². The lowest BCUT2D eigenvalue weighted by Crippen LogP contribution is -2.28. The first-order valence-corrected chi connectivity index (χ1v) is 19.9. The van der Waals surface area contributed by atoms with Crippen molar-refractivity contribution in [3.63, 3.8) is 0 Å². The molecule has 4 aromatic carbocycles. The van der Waals surface area contributed by atoms with Crippen LogP contribution in [0.1, 0.15) is 65.7 Å². The number of carbonyl (C=O) groups excluding carboxylic acids is 1. The third-order valence-electron chi connectivity index (χ3n) is 8.02. The molecule has 2 saturated heterocycles. The van der Waals surface area contributed by atoms with E-state index in [1.807, 2.05) is 0 Å². The number of halogens is 4. The van der Waals surface area contributed by atoms with E-state index in [-0.39, 0.29) is 54.7 Å². The van der Waals surface area contributed by atoms with Gasteiger partial charge in [0.15, 0.2) is 0 Å². The van der Waals surface area contributed by atoms with Crippen molar-refractivity contribution in [1.29, 1.82) is 0 Å². The molecule has 0 bridgehead atoms. The van der Waals surface area contributed by atoms with E-state index >= 15 is 0 Å². The fraction of sp³-hybridized carbons (Fsp3) is 0.396. The normalized spacial score (nSPS) is 15.4. The van der Waals surface area contributed by atoms with Crippen LogP contribution in [-0.4, -0.2) is 73.6 Å². The number of hydrogen-bond donors (Lipinski definition) is 2. The minimum Gasteiger partial charge on any atom is -0.491 e. The van der Waals surface area contributed by atoms with E-state index in [1.54, 1.807) is 50.2 Å². The number of hydrogen-bond acceptors (Lipinski definition) is 9. The Morgan fingerprint density at radius 2 is 1.08 bits per heavy atom. The van der Waals surface area contributed by atoms with Crippen molar-refractivity contribution in [2.45, 2.75) is 90.1 Å². The topological polar surface area (TPSA) is 116 Å². The van der Waals surface area contributed by atoms with Crippen molar-refractivity contribution in [2.75, 3.05) is 33.0 Å². The molecule has 0 saturated carbocycles. The second-order valence-electron chi connectivity index (χ2n) is 13.4. The second-order valence-corrected chi connectivity index (χ2v) is 13.4. The van der Waals surface area contributed by atoms with Crippen LogP contribution in [0.2, 0.25) is 0 Å². The zero-order chi connectivity index (χ0) is 44.7. The van der Waals surface area contributed by atoms with Crippen LogP contribution in [0, 0.1) is 47.5 Å². The molecule has 2 aliphatic heterocycles. The Bertz CT molecular complexity index is 1850. The summed E-state index contributed by atoms with van der Waals surface area (Å²) < 4.78 is 81.4. The van der Waals surface area contributed by atoms with Gasteiger partial charge in [0.25, 0.3) is 0 Å². The van der Waals surface area contributed by atoms with Gasteiger partial charge in [0.2, 0.25) is 0 Å². The van der Waals surface area contributed by atoms with Gasteiger partial charge < -0.3 is 38.6 Å². The van der Waals surface area contributed by atoms with Crippen molar-refractivity contribution in [2.24, 2.45) is 0 Å². The number of esters is 1. The van der Waals surface area contributed by atoms with Gasteiger partial charge in [0.1, 0.15) is 84.9 Å². The Morgan fingerprint density at radius 3 is 1.46 bits per heavy atom. The average Bonchev–Trinajstić information content (AvgIpc) is 4.10. The lowest BCUT2D eigenvalue weighted by Gasteiger charge is -2.22. The van der Waals surface area contributed by atoms with E-state index < -0.39 is 12.2 Å². The Morgan fingerprint density at radius 1 is 0.689 bits per heavy atom. The standard InChI is InChI=1S/C12H13FO3.C12H17FO2.C12H13FO2.C9H9FO2.C3H4/c13-9-4-6-10(7-5-9)15-8-11-2-1-3-12(14)16-11;2*1-2-3-4-11(14)9-15-12-7-5-10(13)6-8-12;10-7-1-3-8(4-2-7)11-5-9-6-12-9;1-3-2/h4-7,11H,1-3,8H2;5-8,11,14H,2-4,9H2,1H3;5-8,11,14H,4,9H2,1H3;1-4,9H,5-6H2;1H,2H3/t3*11-;9-;/m0001./s1. The average molecular weight is 853 g/mol. The van der Waals surface area contributed by atoms with Crippen molar-refractivity contribution in [3.05, 3.63) is 120 Å². The van der Waals surface area contributed by atoms with Crippen LogP contribution in [0.5, 0.6) is 23.0 Å². The second kappa shape index (κ2) is 31.2. The summed E-state index contributed by atoms with van der Waals surface area (Å²) in [6.45, 7) is 7.55. The van der Waals surface area contributed by atoms with E-state index in [0.29, 0.717) is 49.1 Å². The lowest BCUT2D eigenvalue weighted by molar-refractivity contribution is -0.155. The largest absolute Gasteiger partial charge is 0.491 e. The number of aliphatic hydroxyl groups is 2. The summed E-state index contributed by atoms with van der Waals surface area (Å²) in [6.07, 6.45) is 8.98. The fourth-order valence-electron chi connectivity index (χ4n) is 4.75. The van der Waals surface area contributed by atoms with Crippen molar-refractivity contribution in [1.82, 2.24) is 0 Å². The fourth-order valence-corrected chi connectivity index (χ4v) is 4.75. The maximum Gasteiger partial charge on any atom is 0.306 e. The molecule has 2 heterocycles. The number of carbonyl (C=O) groups is 1. The number of benzene rings is 4. The number of epoxide rings is 1. The summed E-state index contributed by atoms with van der Waals surface area (Å²) in [5, 5.41) is 18.9. The summed E-state index contributed by atoms with van der Waals surface area (Å²) in [7, 11) is 0. The molecule has 6 rings (SSSR count). The Kier molecular flexibility index (Phi) is 26.3. The van der Waals surface area contributed by atoms with Crippen molar-refractivity contribution >= 4 is 5.97 Å². The van der Waals surface area contributed by atoms with E-state index in [4.69, 9.17) is 28.4 Å². The first-order chi connectivity index (χ1) is 29.4. The molecule has 0 unspecified atom stereocenters. The van der Waals surface area contributed by atoms with Crippen LogP contribution in [0.3, 0.4) is 0 Å². The molecular formula is C48H56F4O9. The van der Waals surface area contributed by atoms with E-state index in [1.165, 1.54) is 60.7 Å². The zero-order valence-electron chi connectivity index (χ0n) is 34.9. The van der Waals surface area contributed by atoms with Crippen molar-refractivity contribution < 1.29 is 61.0 Å².